The third-order valence-electron chi connectivity index (χ3n) is 3.51. The highest BCUT2D eigenvalue weighted by Crippen LogP contribution is 2.26. The highest BCUT2D eigenvalue weighted by molar-refractivity contribution is 7.99. The van der Waals surface area contributed by atoms with Crippen molar-refractivity contribution in [1.29, 1.82) is 0 Å². The lowest BCUT2D eigenvalue weighted by molar-refractivity contribution is 0.132. The predicted molar refractivity (Wildman–Crippen MR) is 108 cm³/mol. The zero-order chi connectivity index (χ0) is 18.4. The summed E-state index contributed by atoms with van der Waals surface area (Å²) in [5.74, 6) is 0. The molecule has 0 spiro atoms. The van der Waals surface area contributed by atoms with Crippen molar-refractivity contribution in [2.75, 3.05) is 0 Å². The Morgan fingerprint density at radius 3 is 2.58 bits per heavy atom. The number of aromatic nitrogens is 1. The molecule has 0 unspecified atom stereocenters. The van der Waals surface area contributed by atoms with Crippen LogP contribution < -0.4 is 0 Å². The van der Waals surface area contributed by atoms with Crippen LogP contribution in [0.5, 0.6) is 0 Å². The predicted octanol–water partition coefficient (Wildman–Crippen LogP) is 6.40. The first-order valence-electron chi connectivity index (χ1n) is 7.90. The zero-order valence-corrected chi connectivity index (χ0v) is 16.4. The number of aryl methyl sites for hydroxylation is 1. The van der Waals surface area contributed by atoms with Crippen molar-refractivity contribution in [3.05, 3.63) is 87.5 Å². The van der Waals surface area contributed by atoms with Crippen molar-refractivity contribution < 1.29 is 4.84 Å². The van der Waals surface area contributed by atoms with Crippen LogP contribution in [0.25, 0.3) is 0 Å². The number of hydrogen-bond acceptors (Lipinski definition) is 4. The Kier molecular flexibility index (Phi) is 6.56. The van der Waals surface area contributed by atoms with Crippen LogP contribution in [0.2, 0.25) is 10.0 Å². The van der Waals surface area contributed by atoms with Gasteiger partial charge < -0.3 is 4.84 Å². The molecule has 3 rings (SSSR count). The van der Waals surface area contributed by atoms with Crippen molar-refractivity contribution in [2.24, 2.45) is 5.16 Å². The molecule has 0 saturated heterocycles. The summed E-state index contributed by atoms with van der Waals surface area (Å²) in [5.41, 5.74) is 2.94. The minimum absolute atomic E-state index is 0.279. The molecule has 6 heteroatoms. The van der Waals surface area contributed by atoms with E-state index in [4.69, 9.17) is 28.0 Å². The molecule has 0 radical (unpaired) electrons. The summed E-state index contributed by atoms with van der Waals surface area (Å²) >= 11 is 13.6. The first-order chi connectivity index (χ1) is 12.6. The monoisotopic (exact) mass is 402 g/mol. The summed E-state index contributed by atoms with van der Waals surface area (Å²) in [5, 5.41) is 6.05. The van der Waals surface area contributed by atoms with Crippen molar-refractivity contribution in [3.63, 3.8) is 0 Å². The SMILES string of the molecule is Cc1ccc(Sc2ccc(/C=N\OCc3ccc(Cl)cc3Cl)cn2)cc1. The van der Waals surface area contributed by atoms with Gasteiger partial charge in [-0.2, -0.15) is 0 Å². The highest BCUT2D eigenvalue weighted by atomic mass is 35.5. The van der Waals surface area contributed by atoms with Gasteiger partial charge in [-0.15, -0.1) is 0 Å². The van der Waals surface area contributed by atoms with E-state index in [9.17, 15) is 0 Å². The van der Waals surface area contributed by atoms with Crippen LogP contribution >= 0.6 is 35.0 Å². The van der Waals surface area contributed by atoms with Gasteiger partial charge in [0.25, 0.3) is 0 Å². The number of pyridine rings is 1. The lowest BCUT2D eigenvalue weighted by Crippen LogP contribution is -1.90. The minimum atomic E-state index is 0.279. The Balaban J connectivity index is 1.53. The van der Waals surface area contributed by atoms with Gasteiger partial charge >= 0.3 is 0 Å². The fraction of sp³-hybridized carbons (Fsp3) is 0.100. The summed E-state index contributed by atoms with van der Waals surface area (Å²) in [7, 11) is 0. The maximum Gasteiger partial charge on any atom is 0.143 e. The molecule has 1 heterocycles. The van der Waals surface area contributed by atoms with E-state index < -0.39 is 0 Å². The molecular weight excluding hydrogens is 387 g/mol. The number of benzene rings is 2. The molecule has 3 nitrogen and oxygen atoms in total. The molecule has 132 valence electrons. The summed E-state index contributed by atoms with van der Waals surface area (Å²) in [6.45, 7) is 2.35. The number of hydrogen-bond donors (Lipinski definition) is 0. The maximum atomic E-state index is 6.09. The van der Waals surface area contributed by atoms with Crippen LogP contribution in [-0.4, -0.2) is 11.2 Å². The molecule has 0 atom stereocenters. The molecule has 0 fully saturated rings. The summed E-state index contributed by atoms with van der Waals surface area (Å²) in [4.78, 5) is 10.9. The second-order valence-electron chi connectivity index (χ2n) is 5.59. The van der Waals surface area contributed by atoms with Crippen LogP contribution in [0.1, 0.15) is 16.7 Å². The minimum Gasteiger partial charge on any atom is -0.391 e. The average Bonchev–Trinajstić information content (AvgIpc) is 2.63. The molecule has 0 N–H and O–H groups in total. The van der Waals surface area contributed by atoms with Crippen molar-refractivity contribution in [2.45, 2.75) is 23.5 Å². The van der Waals surface area contributed by atoms with E-state index in [0.29, 0.717) is 10.0 Å². The smallest absolute Gasteiger partial charge is 0.143 e. The molecule has 26 heavy (non-hydrogen) atoms. The Morgan fingerprint density at radius 1 is 1.08 bits per heavy atom. The van der Waals surface area contributed by atoms with E-state index in [1.807, 2.05) is 18.2 Å². The second kappa shape index (κ2) is 9.08. The van der Waals surface area contributed by atoms with Crippen molar-refractivity contribution >= 4 is 41.2 Å². The molecule has 0 saturated carbocycles. The largest absolute Gasteiger partial charge is 0.391 e. The van der Waals surface area contributed by atoms with Gasteiger partial charge in [-0.25, -0.2) is 4.98 Å². The highest BCUT2D eigenvalue weighted by Gasteiger charge is 2.02. The van der Waals surface area contributed by atoms with Crippen LogP contribution in [0.3, 0.4) is 0 Å². The van der Waals surface area contributed by atoms with Gasteiger partial charge in [0.15, 0.2) is 0 Å². The lowest BCUT2D eigenvalue weighted by Gasteiger charge is -2.03. The van der Waals surface area contributed by atoms with Crippen molar-refractivity contribution in [1.82, 2.24) is 4.98 Å². The van der Waals surface area contributed by atoms with Gasteiger partial charge in [0, 0.05) is 32.3 Å². The van der Waals surface area contributed by atoms with Crippen LogP contribution in [0.4, 0.5) is 0 Å². The van der Waals surface area contributed by atoms with E-state index in [2.05, 4.69) is 41.3 Å². The van der Waals surface area contributed by atoms with E-state index >= 15 is 0 Å². The van der Waals surface area contributed by atoms with Gasteiger partial charge in [-0.3, -0.25) is 0 Å². The summed E-state index contributed by atoms with van der Waals surface area (Å²) < 4.78 is 0. The molecule has 0 aliphatic rings. The van der Waals surface area contributed by atoms with Gasteiger partial charge in [0.05, 0.1) is 6.21 Å². The van der Waals surface area contributed by atoms with Crippen LogP contribution in [-0.2, 0) is 11.4 Å². The Bertz CT molecular complexity index is 897. The molecule has 0 aliphatic carbocycles. The lowest BCUT2D eigenvalue weighted by atomic mass is 10.2. The molecule has 0 aliphatic heterocycles. The summed E-state index contributed by atoms with van der Waals surface area (Å²) in [6.07, 6.45) is 3.38. The van der Waals surface area contributed by atoms with Gasteiger partial charge in [0.1, 0.15) is 11.6 Å². The van der Waals surface area contributed by atoms with E-state index in [-0.39, 0.29) is 6.61 Å². The third-order valence-corrected chi connectivity index (χ3v) is 5.06. The standard InChI is InChI=1S/C20H16Cl2N2OS/c1-14-2-7-18(8-3-14)26-20-9-4-15(11-23-20)12-24-25-13-16-5-6-17(21)10-19(16)22/h2-12H,13H2,1H3/b24-12-. The maximum absolute atomic E-state index is 6.09. The van der Waals surface area contributed by atoms with Gasteiger partial charge in [-0.05, 0) is 43.3 Å². The summed E-state index contributed by atoms with van der Waals surface area (Å²) in [6, 6.07) is 17.5. The molecule has 0 bridgehead atoms. The molecule has 3 aromatic rings. The molecule has 2 aromatic carbocycles. The van der Waals surface area contributed by atoms with E-state index in [1.54, 1.807) is 36.3 Å². The fourth-order valence-electron chi connectivity index (χ4n) is 2.10. The molecule has 1 aromatic heterocycles. The van der Waals surface area contributed by atoms with E-state index in [0.717, 1.165) is 21.0 Å². The number of nitrogens with zero attached hydrogens (tertiary/aromatic N) is 2. The van der Waals surface area contributed by atoms with Gasteiger partial charge in [-0.1, -0.05) is 63.9 Å². The van der Waals surface area contributed by atoms with Crippen molar-refractivity contribution in [3.8, 4) is 0 Å². The Hall–Kier alpha value is -2.01. The zero-order valence-electron chi connectivity index (χ0n) is 14.0. The normalized spacial score (nSPS) is 11.0. The Morgan fingerprint density at radius 2 is 1.88 bits per heavy atom. The number of halogens is 2. The second-order valence-corrected chi connectivity index (χ2v) is 7.53. The average molecular weight is 403 g/mol. The first-order valence-corrected chi connectivity index (χ1v) is 9.47. The van der Waals surface area contributed by atoms with Gasteiger partial charge in [0.2, 0.25) is 0 Å². The van der Waals surface area contributed by atoms with Crippen LogP contribution in [0.15, 0.2) is 75.9 Å². The third kappa shape index (κ3) is 5.49. The Labute approximate surface area is 167 Å². The first kappa shape index (κ1) is 18.8. The number of rotatable bonds is 6. The fourth-order valence-corrected chi connectivity index (χ4v) is 3.32. The van der Waals surface area contributed by atoms with E-state index in [1.165, 1.54) is 5.56 Å². The molecular formula is C20H16Cl2N2OS. The van der Waals surface area contributed by atoms with Crippen LogP contribution in [0, 0.1) is 6.92 Å². The topological polar surface area (TPSA) is 34.5 Å². The number of oxime groups is 1. The quantitative estimate of drug-likeness (QED) is 0.353. The molecule has 0 amide bonds.